The summed E-state index contributed by atoms with van der Waals surface area (Å²) in [6.07, 6.45) is 6.86. The second kappa shape index (κ2) is 9.99. The van der Waals surface area contributed by atoms with Crippen molar-refractivity contribution in [3.63, 3.8) is 0 Å². The standard InChI is InChI=1S/C22H26N6O4/c1-2-31-17-7-3-4-8-18(17)32-16-6-5-10-27(14-16)21-13-23-12-20(25-21)24-19-9-11-28(26-19)15-22(29)30/h3-4,7-9,11-13,16H,2,5-6,10,14-15H2,1H3,(H,29,30)(H,24,25,26)/t16-/m1/s1. The minimum atomic E-state index is -0.952. The Balaban J connectivity index is 1.41. The van der Waals surface area contributed by atoms with Crippen molar-refractivity contribution in [2.75, 3.05) is 29.9 Å². The summed E-state index contributed by atoms with van der Waals surface area (Å²) in [6.45, 7) is 3.88. The van der Waals surface area contributed by atoms with Crippen LogP contribution in [-0.2, 0) is 11.3 Å². The van der Waals surface area contributed by atoms with E-state index in [0.717, 1.165) is 36.7 Å². The van der Waals surface area contributed by atoms with Gasteiger partial charge in [0.2, 0.25) is 0 Å². The molecule has 0 spiro atoms. The highest BCUT2D eigenvalue weighted by atomic mass is 16.5. The number of ether oxygens (including phenoxy) is 2. The molecule has 3 heterocycles. The largest absolute Gasteiger partial charge is 0.490 e. The zero-order chi connectivity index (χ0) is 22.3. The van der Waals surface area contributed by atoms with Crippen molar-refractivity contribution in [2.24, 2.45) is 0 Å². The van der Waals surface area contributed by atoms with Gasteiger partial charge in [0.25, 0.3) is 0 Å². The van der Waals surface area contributed by atoms with E-state index in [1.54, 1.807) is 24.7 Å². The first-order valence-electron chi connectivity index (χ1n) is 10.6. The maximum Gasteiger partial charge on any atom is 0.325 e. The van der Waals surface area contributed by atoms with Crippen LogP contribution < -0.4 is 19.7 Å². The molecule has 1 aliphatic heterocycles. The van der Waals surface area contributed by atoms with Crippen molar-refractivity contribution in [2.45, 2.75) is 32.4 Å². The molecule has 1 aromatic carbocycles. The molecule has 0 amide bonds. The quantitative estimate of drug-likeness (QED) is 0.520. The molecule has 168 valence electrons. The van der Waals surface area contributed by atoms with Gasteiger partial charge in [-0.1, -0.05) is 12.1 Å². The van der Waals surface area contributed by atoms with E-state index in [4.69, 9.17) is 14.6 Å². The molecule has 1 atom stereocenters. The van der Waals surface area contributed by atoms with E-state index in [1.807, 2.05) is 31.2 Å². The average Bonchev–Trinajstić information content (AvgIpc) is 3.21. The highest BCUT2D eigenvalue weighted by Crippen LogP contribution is 2.30. The number of aromatic nitrogens is 4. The SMILES string of the molecule is CCOc1ccccc1O[C@@H]1CCCN(c2cncc(Nc3ccn(CC(=O)O)n3)n2)C1. The van der Waals surface area contributed by atoms with Crippen LogP contribution in [0.15, 0.2) is 48.9 Å². The first-order valence-corrected chi connectivity index (χ1v) is 10.6. The van der Waals surface area contributed by atoms with E-state index < -0.39 is 5.97 Å². The molecule has 0 unspecified atom stereocenters. The number of carboxylic acids is 1. The van der Waals surface area contributed by atoms with E-state index in [-0.39, 0.29) is 12.6 Å². The zero-order valence-corrected chi connectivity index (χ0v) is 17.8. The number of carboxylic acid groups (broad SMARTS) is 1. The Hall–Kier alpha value is -3.82. The molecule has 0 radical (unpaired) electrons. The summed E-state index contributed by atoms with van der Waals surface area (Å²) in [5.74, 6) is 2.33. The van der Waals surface area contributed by atoms with Gasteiger partial charge < -0.3 is 24.8 Å². The number of rotatable bonds is 9. The van der Waals surface area contributed by atoms with Crippen LogP contribution in [0.2, 0.25) is 0 Å². The molecular weight excluding hydrogens is 412 g/mol. The third-order valence-electron chi connectivity index (χ3n) is 4.96. The van der Waals surface area contributed by atoms with Gasteiger partial charge in [-0.25, -0.2) is 4.98 Å². The second-order valence-electron chi connectivity index (χ2n) is 7.39. The summed E-state index contributed by atoms with van der Waals surface area (Å²) in [7, 11) is 0. The molecule has 1 saturated heterocycles. The van der Waals surface area contributed by atoms with Gasteiger partial charge in [-0.15, -0.1) is 0 Å². The number of benzene rings is 1. The lowest BCUT2D eigenvalue weighted by atomic mass is 10.1. The number of para-hydroxylation sites is 2. The number of piperidine rings is 1. The van der Waals surface area contributed by atoms with Crippen LogP contribution in [0.25, 0.3) is 0 Å². The minimum absolute atomic E-state index is 0.00971. The van der Waals surface area contributed by atoms with Gasteiger partial charge in [-0.2, -0.15) is 5.10 Å². The normalized spacial score (nSPS) is 15.9. The molecule has 3 aromatic rings. The predicted molar refractivity (Wildman–Crippen MR) is 119 cm³/mol. The molecule has 2 aromatic heterocycles. The van der Waals surface area contributed by atoms with E-state index in [9.17, 15) is 4.79 Å². The fraction of sp³-hybridized carbons (Fsp3) is 0.364. The number of hydrogen-bond donors (Lipinski definition) is 2. The fourth-order valence-electron chi connectivity index (χ4n) is 3.60. The van der Waals surface area contributed by atoms with Crippen LogP contribution in [0.4, 0.5) is 17.5 Å². The minimum Gasteiger partial charge on any atom is -0.490 e. The maximum atomic E-state index is 10.8. The van der Waals surface area contributed by atoms with Crippen LogP contribution in [0.3, 0.4) is 0 Å². The Morgan fingerprint density at radius 3 is 2.88 bits per heavy atom. The maximum absolute atomic E-state index is 10.8. The summed E-state index contributed by atoms with van der Waals surface area (Å²) < 4.78 is 13.3. The van der Waals surface area contributed by atoms with E-state index >= 15 is 0 Å². The Kier molecular flexibility index (Phi) is 6.69. The molecule has 0 bridgehead atoms. The van der Waals surface area contributed by atoms with Crippen LogP contribution in [0, 0.1) is 0 Å². The number of nitrogens with zero attached hydrogens (tertiary/aromatic N) is 5. The van der Waals surface area contributed by atoms with Crippen molar-refractivity contribution in [1.29, 1.82) is 0 Å². The Morgan fingerprint density at radius 2 is 2.06 bits per heavy atom. The van der Waals surface area contributed by atoms with Gasteiger partial charge in [-0.05, 0) is 31.9 Å². The van der Waals surface area contributed by atoms with Gasteiger partial charge in [0, 0.05) is 18.8 Å². The van der Waals surface area contributed by atoms with Gasteiger partial charge >= 0.3 is 5.97 Å². The van der Waals surface area contributed by atoms with E-state index in [1.165, 1.54) is 4.68 Å². The smallest absolute Gasteiger partial charge is 0.325 e. The van der Waals surface area contributed by atoms with Crippen LogP contribution >= 0.6 is 0 Å². The van der Waals surface area contributed by atoms with E-state index in [0.29, 0.717) is 24.8 Å². The summed E-state index contributed by atoms with van der Waals surface area (Å²) in [5.41, 5.74) is 0. The molecular formula is C22H26N6O4. The van der Waals surface area contributed by atoms with Crippen LogP contribution in [0.5, 0.6) is 11.5 Å². The molecule has 10 heteroatoms. The molecule has 1 aliphatic rings. The first-order chi connectivity index (χ1) is 15.6. The molecule has 4 rings (SSSR count). The summed E-state index contributed by atoms with van der Waals surface area (Å²) in [4.78, 5) is 21.9. The highest BCUT2D eigenvalue weighted by Gasteiger charge is 2.24. The predicted octanol–water partition coefficient (Wildman–Crippen LogP) is 2.95. The Morgan fingerprint density at radius 1 is 1.22 bits per heavy atom. The highest BCUT2D eigenvalue weighted by molar-refractivity contribution is 5.66. The molecule has 2 N–H and O–H groups in total. The van der Waals surface area contributed by atoms with Crippen molar-refractivity contribution in [3.05, 3.63) is 48.9 Å². The lowest BCUT2D eigenvalue weighted by Crippen LogP contribution is -2.41. The number of anilines is 3. The monoisotopic (exact) mass is 438 g/mol. The summed E-state index contributed by atoms with van der Waals surface area (Å²) in [5, 5.41) is 16.1. The zero-order valence-electron chi connectivity index (χ0n) is 17.8. The molecule has 1 fully saturated rings. The van der Waals surface area contributed by atoms with Gasteiger partial charge in [0.1, 0.15) is 18.5 Å². The lowest BCUT2D eigenvalue weighted by molar-refractivity contribution is -0.137. The van der Waals surface area contributed by atoms with Crippen molar-refractivity contribution < 1.29 is 19.4 Å². The lowest BCUT2D eigenvalue weighted by Gasteiger charge is -2.33. The van der Waals surface area contributed by atoms with Crippen LogP contribution in [0.1, 0.15) is 19.8 Å². The van der Waals surface area contributed by atoms with Crippen molar-refractivity contribution in [3.8, 4) is 11.5 Å². The third kappa shape index (κ3) is 5.45. The van der Waals surface area contributed by atoms with Crippen molar-refractivity contribution >= 4 is 23.4 Å². The Labute approximate surface area is 185 Å². The molecule has 10 nitrogen and oxygen atoms in total. The number of carbonyl (C=O) groups is 1. The summed E-state index contributed by atoms with van der Waals surface area (Å²) >= 11 is 0. The molecule has 0 aliphatic carbocycles. The topological polar surface area (TPSA) is 115 Å². The van der Waals surface area contributed by atoms with Gasteiger partial charge in [0.05, 0.1) is 25.5 Å². The summed E-state index contributed by atoms with van der Waals surface area (Å²) in [6, 6.07) is 9.41. The number of hydrogen-bond acceptors (Lipinski definition) is 8. The first kappa shape index (κ1) is 21.4. The second-order valence-corrected chi connectivity index (χ2v) is 7.39. The molecule has 0 saturated carbocycles. The molecule has 32 heavy (non-hydrogen) atoms. The van der Waals surface area contributed by atoms with Gasteiger partial charge in [0.15, 0.2) is 23.1 Å². The average molecular weight is 438 g/mol. The van der Waals surface area contributed by atoms with Gasteiger partial charge in [-0.3, -0.25) is 14.5 Å². The van der Waals surface area contributed by atoms with Crippen molar-refractivity contribution in [1.82, 2.24) is 19.7 Å². The number of nitrogens with one attached hydrogen (secondary N) is 1. The third-order valence-corrected chi connectivity index (χ3v) is 4.96. The van der Waals surface area contributed by atoms with Crippen LogP contribution in [-0.4, -0.2) is 56.6 Å². The number of aliphatic carboxylic acids is 1. The fourth-order valence-corrected chi connectivity index (χ4v) is 3.60. The van der Waals surface area contributed by atoms with E-state index in [2.05, 4.69) is 25.3 Å². The Bertz CT molecular complexity index is 1060.